The molecule has 0 aliphatic carbocycles. The van der Waals surface area contributed by atoms with Crippen LogP contribution in [-0.2, 0) is 6.54 Å². The molecule has 162 valence electrons. The first-order chi connectivity index (χ1) is 15.1. The summed E-state index contributed by atoms with van der Waals surface area (Å²) in [6.45, 7) is 2.61. The van der Waals surface area contributed by atoms with Gasteiger partial charge in [0.25, 0.3) is 11.5 Å². The Hall–Kier alpha value is -2.67. The third-order valence-corrected chi connectivity index (χ3v) is 6.53. The van der Waals surface area contributed by atoms with Crippen LogP contribution in [0.15, 0.2) is 59.5 Å². The molecule has 2 aromatic carbocycles. The van der Waals surface area contributed by atoms with Crippen LogP contribution in [0, 0.1) is 5.92 Å². The molecule has 0 radical (unpaired) electrons. The second kappa shape index (κ2) is 9.64. The molecule has 3 aromatic rings. The van der Waals surface area contributed by atoms with Crippen LogP contribution in [0.4, 0.5) is 0 Å². The summed E-state index contributed by atoms with van der Waals surface area (Å²) in [5.74, 6) is 0.261. The predicted octanol–water partition coefficient (Wildman–Crippen LogP) is 3.95. The fourth-order valence-corrected chi connectivity index (χ4v) is 4.70. The Balaban J connectivity index is 1.61. The number of piperidine rings is 1. The first-order valence-corrected chi connectivity index (χ1v) is 11.0. The van der Waals surface area contributed by atoms with E-state index in [9.17, 15) is 9.59 Å². The number of hydroxylamine groups is 1. The lowest BCUT2D eigenvalue weighted by Gasteiger charge is -2.31. The topological polar surface area (TPSA) is 83.4 Å². The Labute approximate surface area is 185 Å². The van der Waals surface area contributed by atoms with E-state index in [1.807, 2.05) is 24.4 Å². The van der Waals surface area contributed by atoms with Crippen molar-refractivity contribution < 1.29 is 10.0 Å². The number of hydrogen-bond donors (Lipinski definition) is 3. The molecule has 7 heteroatoms. The van der Waals surface area contributed by atoms with E-state index < -0.39 is 5.91 Å². The number of fused-ring (bicyclic) bond motifs is 1. The molecule has 2 heterocycles. The van der Waals surface area contributed by atoms with Crippen LogP contribution in [-0.4, -0.2) is 28.8 Å². The summed E-state index contributed by atoms with van der Waals surface area (Å²) >= 11 is 6.10. The number of benzene rings is 2. The minimum atomic E-state index is -0.634. The van der Waals surface area contributed by atoms with E-state index in [0.29, 0.717) is 23.8 Å². The van der Waals surface area contributed by atoms with Crippen LogP contribution in [0.5, 0.6) is 0 Å². The first kappa shape index (κ1) is 21.6. The lowest BCUT2D eigenvalue weighted by atomic mass is 9.78. The van der Waals surface area contributed by atoms with Crippen LogP contribution in [0.1, 0.15) is 41.1 Å². The highest BCUT2D eigenvalue weighted by atomic mass is 35.5. The average molecular weight is 440 g/mol. The van der Waals surface area contributed by atoms with Gasteiger partial charge < -0.3 is 9.88 Å². The highest BCUT2D eigenvalue weighted by molar-refractivity contribution is 6.30. The minimum absolute atomic E-state index is 0.134. The quantitative estimate of drug-likeness (QED) is 0.401. The molecule has 4 rings (SSSR count). The van der Waals surface area contributed by atoms with Gasteiger partial charge in [-0.25, -0.2) is 5.48 Å². The van der Waals surface area contributed by atoms with Crippen LogP contribution < -0.4 is 16.4 Å². The Morgan fingerprint density at radius 1 is 1.16 bits per heavy atom. The van der Waals surface area contributed by atoms with Gasteiger partial charge in [0, 0.05) is 28.7 Å². The van der Waals surface area contributed by atoms with E-state index >= 15 is 0 Å². The van der Waals surface area contributed by atoms with Gasteiger partial charge in [0.2, 0.25) is 0 Å². The first-order valence-electron chi connectivity index (χ1n) is 10.6. The fourth-order valence-electron chi connectivity index (χ4n) is 4.57. The molecular formula is C24H26ClN3O3. The molecule has 1 aromatic heterocycles. The van der Waals surface area contributed by atoms with Gasteiger partial charge in [-0.05, 0) is 85.5 Å². The number of pyridine rings is 1. The smallest absolute Gasteiger partial charge is 0.274 e. The van der Waals surface area contributed by atoms with Gasteiger partial charge in [0.15, 0.2) is 0 Å². The molecule has 0 spiro atoms. The van der Waals surface area contributed by atoms with Gasteiger partial charge in [-0.2, -0.15) is 0 Å². The summed E-state index contributed by atoms with van der Waals surface area (Å²) in [6, 6.07) is 14.8. The number of amides is 1. The number of halogens is 1. The number of carbonyl (C=O) groups excluding carboxylic acids is 1. The number of aryl methyl sites for hydroxylation is 1. The minimum Gasteiger partial charge on any atom is -0.317 e. The van der Waals surface area contributed by atoms with E-state index in [1.54, 1.807) is 22.2 Å². The number of nitrogens with one attached hydrogen (secondary N) is 2. The maximum Gasteiger partial charge on any atom is 0.274 e. The van der Waals surface area contributed by atoms with E-state index in [4.69, 9.17) is 16.8 Å². The van der Waals surface area contributed by atoms with E-state index in [0.717, 1.165) is 42.8 Å². The maximum absolute atomic E-state index is 13.1. The molecule has 1 unspecified atom stereocenters. The van der Waals surface area contributed by atoms with Crippen molar-refractivity contribution in [2.75, 3.05) is 13.1 Å². The van der Waals surface area contributed by atoms with Gasteiger partial charge in [-0.3, -0.25) is 14.8 Å². The molecule has 0 bridgehead atoms. The summed E-state index contributed by atoms with van der Waals surface area (Å²) < 4.78 is 1.72. The number of aromatic nitrogens is 1. The van der Waals surface area contributed by atoms with Gasteiger partial charge in [-0.15, -0.1) is 0 Å². The molecule has 1 aliphatic heterocycles. The van der Waals surface area contributed by atoms with Crippen molar-refractivity contribution in [1.29, 1.82) is 0 Å². The second-order valence-electron chi connectivity index (χ2n) is 8.09. The van der Waals surface area contributed by atoms with Crippen molar-refractivity contribution in [2.24, 2.45) is 5.92 Å². The zero-order chi connectivity index (χ0) is 21.8. The largest absolute Gasteiger partial charge is 0.317 e. The molecule has 6 nitrogen and oxygen atoms in total. The van der Waals surface area contributed by atoms with E-state index in [-0.39, 0.29) is 11.1 Å². The van der Waals surface area contributed by atoms with Crippen molar-refractivity contribution in [3.8, 4) is 0 Å². The van der Waals surface area contributed by atoms with Crippen LogP contribution >= 0.6 is 11.6 Å². The highest BCUT2D eigenvalue weighted by Crippen LogP contribution is 2.34. The average Bonchev–Trinajstić information content (AvgIpc) is 2.81. The van der Waals surface area contributed by atoms with E-state index in [2.05, 4.69) is 17.4 Å². The molecular weight excluding hydrogens is 414 g/mol. The third-order valence-electron chi connectivity index (χ3n) is 6.27. The summed E-state index contributed by atoms with van der Waals surface area (Å²) in [4.78, 5) is 24.8. The van der Waals surface area contributed by atoms with Gasteiger partial charge in [-0.1, -0.05) is 29.8 Å². The third kappa shape index (κ3) is 4.82. The summed E-state index contributed by atoms with van der Waals surface area (Å²) in [6.07, 6.45) is 4.88. The van der Waals surface area contributed by atoms with Crippen molar-refractivity contribution >= 4 is 28.3 Å². The van der Waals surface area contributed by atoms with Crippen molar-refractivity contribution in [3.05, 3.63) is 81.2 Å². The lowest BCUT2D eigenvalue weighted by Crippen LogP contribution is -2.31. The number of hydrogen-bond acceptors (Lipinski definition) is 4. The Morgan fingerprint density at radius 2 is 1.90 bits per heavy atom. The molecule has 0 saturated carbocycles. The number of carbonyl (C=O) groups is 1. The highest BCUT2D eigenvalue weighted by Gasteiger charge is 2.25. The maximum atomic E-state index is 13.1. The zero-order valence-electron chi connectivity index (χ0n) is 17.2. The van der Waals surface area contributed by atoms with Gasteiger partial charge >= 0.3 is 0 Å². The SMILES string of the molecule is O=C(NO)c1ccc2ccn(CCC(c3ccc(Cl)cc3)C3CCNCC3)c(=O)c2c1. The lowest BCUT2D eigenvalue weighted by molar-refractivity contribution is 0.0706. The number of nitrogens with zero attached hydrogens (tertiary/aromatic N) is 1. The van der Waals surface area contributed by atoms with Gasteiger partial charge in [0.1, 0.15) is 0 Å². The molecule has 1 saturated heterocycles. The zero-order valence-corrected chi connectivity index (χ0v) is 17.9. The Morgan fingerprint density at radius 3 is 2.61 bits per heavy atom. The standard InChI is InChI=1S/C24H26ClN3O3/c25-20-5-3-16(4-6-20)21(18-7-11-26-12-8-18)10-14-28-13-9-17-1-2-19(23(29)27-31)15-22(17)24(28)30/h1-6,9,13,15,18,21,26,31H,7-8,10-12,14H2,(H,27,29). The molecule has 1 fully saturated rings. The summed E-state index contributed by atoms with van der Waals surface area (Å²) in [7, 11) is 0. The second-order valence-corrected chi connectivity index (χ2v) is 8.53. The Bertz CT molecular complexity index is 1120. The van der Waals surface area contributed by atoms with E-state index in [1.165, 1.54) is 11.6 Å². The Kier molecular flexibility index (Phi) is 6.70. The fraction of sp³-hybridized carbons (Fsp3) is 0.333. The van der Waals surface area contributed by atoms with Crippen LogP contribution in [0.25, 0.3) is 10.8 Å². The number of rotatable bonds is 6. The normalized spacial score (nSPS) is 15.7. The van der Waals surface area contributed by atoms with Crippen LogP contribution in [0.2, 0.25) is 5.02 Å². The predicted molar refractivity (Wildman–Crippen MR) is 122 cm³/mol. The van der Waals surface area contributed by atoms with Crippen molar-refractivity contribution in [3.63, 3.8) is 0 Å². The summed E-state index contributed by atoms with van der Waals surface area (Å²) in [5.41, 5.74) is 2.99. The molecule has 3 N–H and O–H groups in total. The molecule has 1 aliphatic rings. The van der Waals surface area contributed by atoms with Gasteiger partial charge in [0.05, 0.1) is 0 Å². The molecule has 31 heavy (non-hydrogen) atoms. The summed E-state index contributed by atoms with van der Waals surface area (Å²) in [5, 5.41) is 14.3. The molecule has 1 amide bonds. The molecule has 1 atom stereocenters. The monoisotopic (exact) mass is 439 g/mol. The van der Waals surface area contributed by atoms with Crippen molar-refractivity contribution in [1.82, 2.24) is 15.4 Å². The van der Waals surface area contributed by atoms with Crippen molar-refractivity contribution in [2.45, 2.75) is 31.7 Å². The van der Waals surface area contributed by atoms with Crippen LogP contribution in [0.3, 0.4) is 0 Å².